The summed E-state index contributed by atoms with van der Waals surface area (Å²) in [6.45, 7) is 0.866. The SMILES string of the molecule is COc1ccc(C2(C)NC(=O)N(CC(=O)NC3CCCCC3C(F)(F)F)C2=O)cc1. The number of amides is 4. The Labute approximate surface area is 171 Å². The van der Waals surface area contributed by atoms with Crippen LogP contribution in [-0.4, -0.2) is 48.6 Å². The van der Waals surface area contributed by atoms with Crippen LogP contribution in [-0.2, 0) is 15.1 Å². The van der Waals surface area contributed by atoms with Gasteiger partial charge < -0.3 is 15.4 Å². The number of halogens is 3. The fourth-order valence-electron chi connectivity index (χ4n) is 4.05. The average Bonchev–Trinajstić information content (AvgIpc) is 2.91. The minimum Gasteiger partial charge on any atom is -0.497 e. The van der Waals surface area contributed by atoms with E-state index < -0.39 is 48.1 Å². The molecule has 0 radical (unpaired) electrons. The number of ether oxygens (including phenoxy) is 1. The number of rotatable bonds is 5. The first-order valence-electron chi connectivity index (χ1n) is 9.71. The number of nitrogens with zero attached hydrogens (tertiary/aromatic N) is 1. The fraction of sp³-hybridized carbons (Fsp3) is 0.550. The highest BCUT2D eigenvalue weighted by Gasteiger charge is 2.50. The third kappa shape index (κ3) is 4.22. The van der Waals surface area contributed by atoms with E-state index in [1.54, 1.807) is 24.3 Å². The Morgan fingerprint density at radius 3 is 2.47 bits per heavy atom. The molecule has 1 heterocycles. The Hall–Kier alpha value is -2.78. The summed E-state index contributed by atoms with van der Waals surface area (Å²) in [5, 5.41) is 4.94. The van der Waals surface area contributed by atoms with Crippen molar-refractivity contribution < 1.29 is 32.3 Å². The summed E-state index contributed by atoms with van der Waals surface area (Å²) in [4.78, 5) is 38.4. The fourth-order valence-corrected chi connectivity index (χ4v) is 4.05. The number of methoxy groups -OCH3 is 1. The molecule has 4 amide bonds. The molecule has 1 aromatic rings. The van der Waals surface area contributed by atoms with Gasteiger partial charge in [-0.3, -0.25) is 14.5 Å². The van der Waals surface area contributed by atoms with E-state index in [-0.39, 0.29) is 12.8 Å². The number of carbonyl (C=O) groups is 3. The largest absolute Gasteiger partial charge is 0.497 e. The Kier molecular flexibility index (Phi) is 5.96. The maximum absolute atomic E-state index is 13.2. The molecule has 0 aromatic heterocycles. The molecule has 2 aliphatic rings. The molecule has 164 valence electrons. The standard InChI is InChI=1S/C20H24F3N3O4/c1-19(12-7-9-13(30-2)10-8-12)17(28)26(18(29)25-19)11-16(27)24-15-6-4-3-5-14(15)20(21,22)23/h7-10,14-15H,3-6,11H2,1-2H3,(H,24,27)(H,25,29). The van der Waals surface area contributed by atoms with E-state index in [9.17, 15) is 27.6 Å². The molecule has 3 unspecified atom stereocenters. The number of hydrogen-bond acceptors (Lipinski definition) is 4. The zero-order chi connectivity index (χ0) is 22.1. The Morgan fingerprint density at radius 2 is 1.87 bits per heavy atom. The van der Waals surface area contributed by atoms with E-state index in [2.05, 4.69) is 10.6 Å². The highest BCUT2D eigenvalue weighted by Crippen LogP contribution is 2.37. The monoisotopic (exact) mass is 427 g/mol. The van der Waals surface area contributed by atoms with Crippen LogP contribution in [0.2, 0.25) is 0 Å². The molecule has 1 saturated carbocycles. The third-order valence-corrected chi connectivity index (χ3v) is 5.78. The van der Waals surface area contributed by atoms with Crippen molar-refractivity contribution in [3.05, 3.63) is 29.8 Å². The molecule has 1 saturated heterocycles. The molecule has 0 spiro atoms. The summed E-state index contributed by atoms with van der Waals surface area (Å²) in [6.07, 6.45) is -3.22. The quantitative estimate of drug-likeness (QED) is 0.708. The van der Waals surface area contributed by atoms with Crippen LogP contribution in [0.4, 0.5) is 18.0 Å². The van der Waals surface area contributed by atoms with Gasteiger partial charge in [-0.2, -0.15) is 13.2 Å². The Balaban J connectivity index is 1.69. The van der Waals surface area contributed by atoms with E-state index in [1.165, 1.54) is 14.0 Å². The lowest BCUT2D eigenvalue weighted by Crippen LogP contribution is -2.51. The molecule has 1 aliphatic heterocycles. The van der Waals surface area contributed by atoms with Gasteiger partial charge in [0.15, 0.2) is 0 Å². The number of carbonyl (C=O) groups excluding carboxylic acids is 3. The van der Waals surface area contributed by atoms with Gasteiger partial charge in [0.2, 0.25) is 5.91 Å². The van der Waals surface area contributed by atoms with Gasteiger partial charge in [0.25, 0.3) is 5.91 Å². The second-order valence-electron chi connectivity index (χ2n) is 7.78. The van der Waals surface area contributed by atoms with Crippen molar-refractivity contribution in [1.82, 2.24) is 15.5 Å². The average molecular weight is 427 g/mol. The Morgan fingerprint density at radius 1 is 1.23 bits per heavy atom. The van der Waals surface area contributed by atoms with E-state index in [0.29, 0.717) is 24.2 Å². The molecule has 1 aromatic carbocycles. The zero-order valence-electron chi connectivity index (χ0n) is 16.7. The van der Waals surface area contributed by atoms with Crippen molar-refractivity contribution in [2.24, 2.45) is 5.92 Å². The molecule has 30 heavy (non-hydrogen) atoms. The number of urea groups is 1. The molecule has 3 atom stereocenters. The van der Waals surface area contributed by atoms with Crippen molar-refractivity contribution in [2.75, 3.05) is 13.7 Å². The number of hydrogen-bond donors (Lipinski definition) is 2. The van der Waals surface area contributed by atoms with Crippen LogP contribution in [0.1, 0.15) is 38.2 Å². The molecule has 1 aliphatic carbocycles. The molecular formula is C20H24F3N3O4. The lowest BCUT2D eigenvalue weighted by molar-refractivity contribution is -0.189. The topological polar surface area (TPSA) is 87.7 Å². The summed E-state index contributed by atoms with van der Waals surface area (Å²) in [5.74, 6) is -2.49. The van der Waals surface area contributed by atoms with Crippen molar-refractivity contribution in [1.29, 1.82) is 0 Å². The summed E-state index contributed by atoms with van der Waals surface area (Å²) >= 11 is 0. The lowest BCUT2D eigenvalue weighted by Gasteiger charge is -2.33. The predicted molar refractivity (Wildman–Crippen MR) is 101 cm³/mol. The van der Waals surface area contributed by atoms with Crippen LogP contribution in [0.5, 0.6) is 5.75 Å². The maximum atomic E-state index is 13.2. The first-order chi connectivity index (χ1) is 14.1. The second kappa shape index (κ2) is 8.16. The zero-order valence-corrected chi connectivity index (χ0v) is 16.7. The molecular weight excluding hydrogens is 403 g/mol. The van der Waals surface area contributed by atoms with Gasteiger partial charge in [-0.1, -0.05) is 25.0 Å². The van der Waals surface area contributed by atoms with Gasteiger partial charge in [-0.25, -0.2) is 4.79 Å². The smallest absolute Gasteiger partial charge is 0.393 e. The number of benzene rings is 1. The summed E-state index contributed by atoms with van der Waals surface area (Å²) < 4.78 is 44.8. The third-order valence-electron chi connectivity index (χ3n) is 5.78. The van der Waals surface area contributed by atoms with Crippen LogP contribution < -0.4 is 15.4 Å². The normalized spacial score (nSPS) is 27.0. The van der Waals surface area contributed by atoms with Gasteiger partial charge in [-0.05, 0) is 37.5 Å². The molecule has 2 N–H and O–H groups in total. The summed E-state index contributed by atoms with van der Waals surface area (Å²) in [5.41, 5.74) is -0.892. The highest BCUT2D eigenvalue weighted by molar-refractivity contribution is 6.09. The molecule has 2 fully saturated rings. The number of imide groups is 1. The van der Waals surface area contributed by atoms with Crippen molar-refractivity contribution in [3.63, 3.8) is 0 Å². The van der Waals surface area contributed by atoms with Crippen LogP contribution in [0.3, 0.4) is 0 Å². The van der Waals surface area contributed by atoms with E-state index >= 15 is 0 Å². The molecule has 0 bridgehead atoms. The minimum absolute atomic E-state index is 0.0485. The number of alkyl halides is 3. The Bertz CT molecular complexity index is 828. The van der Waals surface area contributed by atoms with Crippen molar-refractivity contribution in [3.8, 4) is 5.75 Å². The van der Waals surface area contributed by atoms with E-state index in [0.717, 1.165) is 4.90 Å². The second-order valence-corrected chi connectivity index (χ2v) is 7.78. The predicted octanol–water partition coefficient (Wildman–Crippen LogP) is 2.70. The van der Waals surface area contributed by atoms with E-state index in [1.807, 2.05) is 0 Å². The first kappa shape index (κ1) is 21.9. The molecule has 3 rings (SSSR count). The minimum atomic E-state index is -4.41. The van der Waals surface area contributed by atoms with Gasteiger partial charge >= 0.3 is 12.2 Å². The number of nitrogens with one attached hydrogen (secondary N) is 2. The van der Waals surface area contributed by atoms with Crippen LogP contribution >= 0.6 is 0 Å². The van der Waals surface area contributed by atoms with Gasteiger partial charge in [-0.15, -0.1) is 0 Å². The molecule has 7 nitrogen and oxygen atoms in total. The van der Waals surface area contributed by atoms with Crippen molar-refractivity contribution >= 4 is 17.8 Å². The maximum Gasteiger partial charge on any atom is 0.393 e. The van der Waals surface area contributed by atoms with Gasteiger partial charge in [0.05, 0.1) is 13.0 Å². The summed E-state index contributed by atoms with van der Waals surface area (Å²) in [7, 11) is 1.50. The van der Waals surface area contributed by atoms with Gasteiger partial charge in [0, 0.05) is 6.04 Å². The lowest BCUT2D eigenvalue weighted by atomic mass is 9.84. The van der Waals surface area contributed by atoms with Crippen LogP contribution in [0, 0.1) is 5.92 Å². The highest BCUT2D eigenvalue weighted by atomic mass is 19.4. The van der Waals surface area contributed by atoms with Crippen LogP contribution in [0.15, 0.2) is 24.3 Å². The van der Waals surface area contributed by atoms with Crippen molar-refractivity contribution in [2.45, 2.75) is 50.4 Å². The van der Waals surface area contributed by atoms with E-state index in [4.69, 9.17) is 4.74 Å². The van der Waals surface area contributed by atoms with Crippen LogP contribution in [0.25, 0.3) is 0 Å². The van der Waals surface area contributed by atoms with Gasteiger partial charge in [0.1, 0.15) is 17.8 Å². The molecule has 10 heteroatoms. The summed E-state index contributed by atoms with van der Waals surface area (Å²) in [6, 6.07) is 4.68. The first-order valence-corrected chi connectivity index (χ1v) is 9.71.